The molecule has 198 valence electrons. The van der Waals surface area contributed by atoms with Gasteiger partial charge in [0.1, 0.15) is 23.1 Å². The Labute approximate surface area is 225 Å². The van der Waals surface area contributed by atoms with Crippen molar-refractivity contribution in [2.24, 2.45) is 0 Å². The number of halogens is 2. The first-order valence-corrected chi connectivity index (χ1v) is 14.0. The van der Waals surface area contributed by atoms with Crippen molar-refractivity contribution in [3.05, 3.63) is 64.6 Å². The zero-order valence-corrected chi connectivity index (χ0v) is 22.7. The Morgan fingerprint density at radius 3 is 2.66 bits per heavy atom. The number of aromatic nitrogens is 3. The Balaban J connectivity index is 1.28. The van der Waals surface area contributed by atoms with E-state index in [1.54, 1.807) is 17.4 Å². The number of hydrogen-bond acceptors (Lipinski definition) is 7. The molecule has 38 heavy (non-hydrogen) atoms. The fourth-order valence-corrected chi connectivity index (χ4v) is 6.41. The van der Waals surface area contributed by atoms with E-state index in [1.165, 1.54) is 11.6 Å². The fraction of sp³-hybridized carbons (Fsp3) is 0.414. The van der Waals surface area contributed by atoms with Gasteiger partial charge in [0.15, 0.2) is 17.4 Å². The third-order valence-electron chi connectivity index (χ3n) is 7.56. The lowest BCUT2D eigenvalue weighted by molar-refractivity contribution is 0.255. The largest absolute Gasteiger partial charge is 0.486 e. The molecule has 0 radical (unpaired) electrons. The van der Waals surface area contributed by atoms with Crippen molar-refractivity contribution in [2.45, 2.75) is 45.1 Å². The molecule has 4 heterocycles. The van der Waals surface area contributed by atoms with Gasteiger partial charge in [0.2, 0.25) is 0 Å². The van der Waals surface area contributed by atoms with Gasteiger partial charge in [0, 0.05) is 11.6 Å². The van der Waals surface area contributed by atoms with Crippen LogP contribution in [0.1, 0.15) is 49.0 Å². The van der Waals surface area contributed by atoms with Crippen LogP contribution >= 0.6 is 11.3 Å². The average Bonchev–Trinajstić information content (AvgIpc) is 3.31. The van der Waals surface area contributed by atoms with E-state index in [0.717, 1.165) is 47.4 Å². The molecule has 0 spiro atoms. The minimum absolute atomic E-state index is 0.0802. The lowest BCUT2D eigenvalue weighted by atomic mass is 9.89. The van der Waals surface area contributed by atoms with Crippen molar-refractivity contribution < 1.29 is 13.5 Å². The third-order valence-corrected chi connectivity index (χ3v) is 8.59. The van der Waals surface area contributed by atoms with Crippen molar-refractivity contribution in [1.82, 2.24) is 19.9 Å². The lowest BCUT2D eigenvalue weighted by Crippen LogP contribution is -2.38. The Bertz CT molecular complexity index is 1480. The Morgan fingerprint density at radius 1 is 1.05 bits per heavy atom. The molecule has 2 aliphatic rings. The van der Waals surface area contributed by atoms with E-state index in [4.69, 9.17) is 9.72 Å². The van der Waals surface area contributed by atoms with Crippen LogP contribution in [0, 0.1) is 11.6 Å². The van der Waals surface area contributed by atoms with Gasteiger partial charge in [-0.15, -0.1) is 11.3 Å². The first-order valence-electron chi connectivity index (χ1n) is 13.2. The molecule has 0 amide bonds. The number of rotatable bonds is 5. The molecular formula is C29H31F2N5OS. The van der Waals surface area contributed by atoms with Crippen LogP contribution < -0.4 is 9.64 Å². The Hall–Kier alpha value is -3.17. The van der Waals surface area contributed by atoms with Gasteiger partial charge in [0.25, 0.3) is 0 Å². The number of likely N-dealkylation sites (tertiary alicyclic amines) is 1. The van der Waals surface area contributed by atoms with Gasteiger partial charge in [-0.05, 0) is 82.6 Å². The molecule has 0 unspecified atom stereocenters. The van der Waals surface area contributed by atoms with Crippen molar-refractivity contribution in [2.75, 3.05) is 38.2 Å². The van der Waals surface area contributed by atoms with Gasteiger partial charge in [-0.2, -0.15) is 0 Å². The molecule has 0 atom stereocenters. The SMILES string of the molecule is CC(C)N1CCOc2c(F)cc(-c3nc(Cc4nc5cc(C6CCN(C)CC6)ccc5s4)ncc3F)cc21. The molecule has 4 aromatic rings. The summed E-state index contributed by atoms with van der Waals surface area (Å²) in [6.07, 6.45) is 3.87. The predicted octanol–water partition coefficient (Wildman–Crippen LogP) is 6.04. The highest BCUT2D eigenvalue weighted by Crippen LogP contribution is 2.39. The van der Waals surface area contributed by atoms with Gasteiger partial charge in [0.05, 0.1) is 35.1 Å². The van der Waals surface area contributed by atoms with Crippen molar-refractivity contribution in [3.8, 4) is 17.0 Å². The minimum Gasteiger partial charge on any atom is -0.486 e. The number of piperidine rings is 1. The van der Waals surface area contributed by atoms with Crippen LogP contribution in [-0.2, 0) is 6.42 Å². The molecule has 2 aromatic carbocycles. The van der Waals surface area contributed by atoms with Crippen LogP contribution in [-0.4, -0.2) is 59.2 Å². The van der Waals surface area contributed by atoms with Crippen LogP contribution in [0.5, 0.6) is 5.75 Å². The smallest absolute Gasteiger partial charge is 0.178 e. The molecule has 0 saturated carbocycles. The average molecular weight is 536 g/mol. The molecule has 0 N–H and O–H groups in total. The molecule has 2 aromatic heterocycles. The maximum atomic E-state index is 15.0. The summed E-state index contributed by atoms with van der Waals surface area (Å²) < 4.78 is 36.6. The quantitative estimate of drug-likeness (QED) is 0.311. The van der Waals surface area contributed by atoms with Crippen LogP contribution in [0.15, 0.2) is 36.5 Å². The van der Waals surface area contributed by atoms with Crippen molar-refractivity contribution >= 4 is 27.2 Å². The summed E-state index contributed by atoms with van der Waals surface area (Å²) in [5.74, 6) is 0.114. The highest BCUT2D eigenvalue weighted by Gasteiger charge is 2.26. The fourth-order valence-electron chi connectivity index (χ4n) is 5.46. The maximum Gasteiger partial charge on any atom is 0.178 e. The monoisotopic (exact) mass is 535 g/mol. The summed E-state index contributed by atoms with van der Waals surface area (Å²) in [6, 6.07) is 9.79. The van der Waals surface area contributed by atoms with Crippen LogP contribution in [0.3, 0.4) is 0 Å². The van der Waals surface area contributed by atoms with Gasteiger partial charge >= 0.3 is 0 Å². The third kappa shape index (κ3) is 4.85. The lowest BCUT2D eigenvalue weighted by Gasteiger charge is -2.34. The van der Waals surface area contributed by atoms with Gasteiger partial charge < -0.3 is 14.5 Å². The van der Waals surface area contributed by atoms with E-state index in [2.05, 4.69) is 45.0 Å². The summed E-state index contributed by atoms with van der Waals surface area (Å²) >= 11 is 1.60. The predicted molar refractivity (Wildman–Crippen MR) is 147 cm³/mol. The standard InChI is InChI=1S/C29H31F2N5OS/c1-17(2)36-10-11-37-29-21(30)12-20(14-24(29)36)28-22(31)16-32-26(34-28)15-27-33-23-13-19(4-5-25(23)38-27)18-6-8-35(3)9-7-18/h4-5,12-14,16-18H,6-11,15H2,1-3H3. The normalized spacial score (nSPS) is 16.7. The number of thiazole rings is 1. The highest BCUT2D eigenvalue weighted by atomic mass is 32.1. The summed E-state index contributed by atoms with van der Waals surface area (Å²) in [5.41, 5.74) is 3.39. The number of nitrogens with zero attached hydrogens (tertiary/aromatic N) is 5. The zero-order valence-electron chi connectivity index (χ0n) is 21.9. The first-order chi connectivity index (χ1) is 18.4. The highest BCUT2D eigenvalue weighted by molar-refractivity contribution is 7.18. The molecule has 6 nitrogen and oxygen atoms in total. The molecule has 9 heteroatoms. The summed E-state index contributed by atoms with van der Waals surface area (Å²) in [6.45, 7) is 7.37. The molecule has 1 saturated heterocycles. The molecular weight excluding hydrogens is 504 g/mol. The molecule has 2 aliphatic heterocycles. The van der Waals surface area contributed by atoms with Crippen LogP contribution in [0.4, 0.5) is 14.5 Å². The van der Waals surface area contributed by atoms with Crippen LogP contribution in [0.2, 0.25) is 0 Å². The molecule has 6 rings (SSSR count). The first kappa shape index (κ1) is 25.1. The van der Waals surface area contributed by atoms with E-state index in [0.29, 0.717) is 42.6 Å². The molecule has 0 bridgehead atoms. The van der Waals surface area contributed by atoms with Gasteiger partial charge in [-0.25, -0.2) is 23.7 Å². The van der Waals surface area contributed by atoms with E-state index in [9.17, 15) is 4.39 Å². The number of benzene rings is 2. The number of fused-ring (bicyclic) bond motifs is 2. The van der Waals surface area contributed by atoms with E-state index < -0.39 is 11.6 Å². The summed E-state index contributed by atoms with van der Waals surface area (Å²) in [4.78, 5) is 18.0. The number of anilines is 1. The van der Waals surface area contributed by atoms with Crippen molar-refractivity contribution in [1.29, 1.82) is 0 Å². The van der Waals surface area contributed by atoms with Gasteiger partial charge in [-0.1, -0.05) is 6.07 Å². The second-order valence-electron chi connectivity index (χ2n) is 10.5. The second-order valence-corrected chi connectivity index (χ2v) is 11.6. The zero-order chi connectivity index (χ0) is 26.4. The van der Waals surface area contributed by atoms with E-state index >= 15 is 4.39 Å². The summed E-state index contributed by atoms with van der Waals surface area (Å²) in [7, 11) is 2.17. The number of hydrogen-bond donors (Lipinski definition) is 0. The molecule has 0 aliphatic carbocycles. The van der Waals surface area contributed by atoms with Gasteiger partial charge in [-0.3, -0.25) is 0 Å². The second kappa shape index (κ2) is 10.2. The Kier molecular flexibility index (Phi) is 6.74. The topological polar surface area (TPSA) is 54.4 Å². The van der Waals surface area contributed by atoms with Crippen LogP contribution in [0.25, 0.3) is 21.5 Å². The summed E-state index contributed by atoms with van der Waals surface area (Å²) in [5, 5.41) is 0.870. The number of ether oxygens (including phenoxy) is 1. The van der Waals surface area contributed by atoms with Crippen molar-refractivity contribution in [3.63, 3.8) is 0 Å². The van der Waals surface area contributed by atoms with E-state index in [1.807, 2.05) is 13.8 Å². The minimum atomic E-state index is -0.590. The maximum absolute atomic E-state index is 15.0. The van der Waals surface area contributed by atoms with E-state index in [-0.39, 0.29) is 17.5 Å². The molecule has 1 fully saturated rings. The Morgan fingerprint density at radius 2 is 1.87 bits per heavy atom.